The Balaban J connectivity index is 1.45. The highest BCUT2D eigenvalue weighted by atomic mass is 32.1. The van der Waals surface area contributed by atoms with Crippen molar-refractivity contribution in [2.75, 3.05) is 6.73 Å². The van der Waals surface area contributed by atoms with E-state index in [1.165, 1.54) is 4.88 Å². The van der Waals surface area contributed by atoms with Crippen LogP contribution >= 0.6 is 11.3 Å². The first-order chi connectivity index (χ1) is 13.6. The standard InChI is InChI=1S/C22H19NO4S/c1-13-5-6-16(26-13)9-19-20(24)18-8-15-10-23(11-17-4-3-7-28-17)12-25-21(15)14(2)22(18)27-19/h3-9H,10-12H2,1-2H3/b19-9-. The predicted molar refractivity (Wildman–Crippen MR) is 107 cm³/mol. The summed E-state index contributed by atoms with van der Waals surface area (Å²) in [4.78, 5) is 16.4. The first kappa shape index (κ1) is 17.3. The lowest BCUT2D eigenvalue weighted by molar-refractivity contribution is 0.0886. The normalized spacial score (nSPS) is 17.4. The minimum atomic E-state index is -0.120. The summed E-state index contributed by atoms with van der Waals surface area (Å²) in [5.74, 6) is 2.97. The van der Waals surface area contributed by atoms with Gasteiger partial charge in [-0.1, -0.05) is 6.07 Å². The third kappa shape index (κ3) is 2.95. The molecular weight excluding hydrogens is 374 g/mol. The Bertz CT molecular complexity index is 1090. The minimum absolute atomic E-state index is 0.120. The van der Waals surface area contributed by atoms with Crippen molar-refractivity contribution in [2.24, 2.45) is 0 Å². The molecule has 6 heteroatoms. The summed E-state index contributed by atoms with van der Waals surface area (Å²) in [6, 6.07) is 9.78. The monoisotopic (exact) mass is 393 g/mol. The maximum absolute atomic E-state index is 12.9. The molecule has 4 heterocycles. The van der Waals surface area contributed by atoms with Crippen LogP contribution in [0.3, 0.4) is 0 Å². The van der Waals surface area contributed by atoms with E-state index in [0.29, 0.717) is 23.8 Å². The summed E-state index contributed by atoms with van der Waals surface area (Å²) in [6.07, 6.45) is 1.65. The Morgan fingerprint density at radius 1 is 1.21 bits per heavy atom. The molecule has 5 rings (SSSR count). The number of fused-ring (bicyclic) bond motifs is 2. The highest BCUT2D eigenvalue weighted by Gasteiger charge is 2.33. The van der Waals surface area contributed by atoms with Crippen molar-refractivity contribution in [3.63, 3.8) is 0 Å². The maximum Gasteiger partial charge on any atom is 0.232 e. The zero-order chi connectivity index (χ0) is 19.3. The van der Waals surface area contributed by atoms with E-state index >= 15 is 0 Å². The third-order valence-electron chi connectivity index (χ3n) is 5.00. The topological polar surface area (TPSA) is 51.9 Å². The van der Waals surface area contributed by atoms with Gasteiger partial charge in [-0.2, -0.15) is 0 Å². The lowest BCUT2D eigenvalue weighted by atomic mass is 10.00. The first-order valence-electron chi connectivity index (χ1n) is 9.13. The molecule has 0 aliphatic carbocycles. The smallest absolute Gasteiger partial charge is 0.232 e. The zero-order valence-corrected chi connectivity index (χ0v) is 16.5. The van der Waals surface area contributed by atoms with Gasteiger partial charge in [0.25, 0.3) is 0 Å². The van der Waals surface area contributed by atoms with Gasteiger partial charge in [-0.3, -0.25) is 9.69 Å². The number of hydrogen-bond acceptors (Lipinski definition) is 6. The van der Waals surface area contributed by atoms with E-state index in [4.69, 9.17) is 13.9 Å². The number of ether oxygens (including phenoxy) is 2. The number of Topliss-reactive ketones (excluding diaryl/α,β-unsaturated/α-hetero) is 1. The van der Waals surface area contributed by atoms with Crippen LogP contribution in [0.5, 0.6) is 11.5 Å². The van der Waals surface area contributed by atoms with Gasteiger partial charge < -0.3 is 13.9 Å². The number of benzene rings is 1. The van der Waals surface area contributed by atoms with E-state index < -0.39 is 0 Å². The number of rotatable bonds is 3. The molecule has 3 aromatic rings. The number of carbonyl (C=O) groups is 1. The Labute approximate surface area is 166 Å². The van der Waals surface area contributed by atoms with E-state index in [9.17, 15) is 4.79 Å². The average Bonchev–Trinajstić information content (AvgIpc) is 3.39. The van der Waals surface area contributed by atoms with E-state index in [-0.39, 0.29) is 11.5 Å². The summed E-state index contributed by atoms with van der Waals surface area (Å²) in [6.45, 7) is 5.91. The van der Waals surface area contributed by atoms with E-state index in [2.05, 4.69) is 22.4 Å². The number of nitrogens with zero attached hydrogens (tertiary/aromatic N) is 1. The molecule has 0 radical (unpaired) electrons. The summed E-state index contributed by atoms with van der Waals surface area (Å²) in [7, 11) is 0. The van der Waals surface area contributed by atoms with Crippen molar-refractivity contribution in [1.29, 1.82) is 0 Å². The molecule has 0 atom stereocenters. The van der Waals surface area contributed by atoms with Gasteiger partial charge in [0.2, 0.25) is 5.78 Å². The Kier molecular flexibility index (Phi) is 4.10. The highest BCUT2D eigenvalue weighted by Crippen LogP contribution is 2.43. The fraction of sp³-hybridized carbons (Fsp3) is 0.227. The van der Waals surface area contributed by atoms with Crippen molar-refractivity contribution < 1.29 is 18.7 Å². The number of carbonyl (C=O) groups excluding carboxylic acids is 1. The van der Waals surface area contributed by atoms with Crippen LogP contribution in [0.15, 0.2) is 45.9 Å². The zero-order valence-electron chi connectivity index (χ0n) is 15.7. The molecule has 0 spiro atoms. The number of ketones is 1. The largest absolute Gasteiger partial charge is 0.477 e. The van der Waals surface area contributed by atoms with Crippen LogP contribution in [0.1, 0.15) is 37.9 Å². The average molecular weight is 393 g/mol. The number of aryl methyl sites for hydroxylation is 1. The fourth-order valence-electron chi connectivity index (χ4n) is 3.68. The number of hydrogen-bond donors (Lipinski definition) is 0. The molecule has 2 aromatic heterocycles. The van der Waals surface area contributed by atoms with Gasteiger partial charge in [0, 0.05) is 35.2 Å². The maximum atomic E-state index is 12.9. The molecule has 1 aromatic carbocycles. The Morgan fingerprint density at radius 3 is 2.86 bits per heavy atom. The number of furan rings is 1. The van der Waals surface area contributed by atoms with Gasteiger partial charge >= 0.3 is 0 Å². The molecule has 0 bridgehead atoms. The van der Waals surface area contributed by atoms with E-state index in [1.807, 2.05) is 32.0 Å². The molecule has 5 nitrogen and oxygen atoms in total. The van der Waals surface area contributed by atoms with Crippen LogP contribution in [0, 0.1) is 13.8 Å². The van der Waals surface area contributed by atoms with Crippen molar-refractivity contribution in [1.82, 2.24) is 4.90 Å². The van der Waals surface area contributed by atoms with Crippen molar-refractivity contribution in [2.45, 2.75) is 26.9 Å². The van der Waals surface area contributed by atoms with Gasteiger partial charge in [0.05, 0.1) is 5.56 Å². The predicted octanol–water partition coefficient (Wildman–Crippen LogP) is 4.93. The lowest BCUT2D eigenvalue weighted by Gasteiger charge is -2.30. The summed E-state index contributed by atoms with van der Waals surface area (Å²) < 4.78 is 17.5. The Morgan fingerprint density at radius 2 is 2.11 bits per heavy atom. The second-order valence-corrected chi connectivity index (χ2v) is 8.13. The summed E-state index contributed by atoms with van der Waals surface area (Å²) in [5, 5.41) is 2.08. The van der Waals surface area contributed by atoms with E-state index in [1.54, 1.807) is 17.4 Å². The second-order valence-electron chi connectivity index (χ2n) is 7.09. The van der Waals surface area contributed by atoms with E-state index in [0.717, 1.165) is 35.7 Å². The first-order valence-corrected chi connectivity index (χ1v) is 10.0. The quantitative estimate of drug-likeness (QED) is 0.591. The molecule has 2 aliphatic heterocycles. The molecule has 0 unspecified atom stereocenters. The minimum Gasteiger partial charge on any atom is -0.477 e. The number of thiophene rings is 1. The molecule has 28 heavy (non-hydrogen) atoms. The molecule has 0 amide bonds. The molecular formula is C22H19NO4S. The molecule has 2 aliphatic rings. The van der Waals surface area contributed by atoms with Gasteiger partial charge in [-0.25, -0.2) is 0 Å². The van der Waals surface area contributed by atoms with Crippen LogP contribution in [-0.2, 0) is 13.1 Å². The molecule has 0 saturated carbocycles. The lowest BCUT2D eigenvalue weighted by Crippen LogP contribution is -2.31. The molecule has 0 fully saturated rings. The van der Waals surface area contributed by atoms with Crippen LogP contribution in [0.25, 0.3) is 6.08 Å². The van der Waals surface area contributed by atoms with Gasteiger partial charge in [-0.05, 0) is 43.5 Å². The van der Waals surface area contributed by atoms with Gasteiger partial charge in [0.15, 0.2) is 5.76 Å². The second kappa shape index (κ2) is 6.65. The number of allylic oxidation sites excluding steroid dienone is 1. The molecule has 0 N–H and O–H groups in total. The van der Waals surface area contributed by atoms with Crippen LogP contribution in [0.2, 0.25) is 0 Å². The molecule has 0 saturated heterocycles. The van der Waals surface area contributed by atoms with Crippen LogP contribution in [0.4, 0.5) is 0 Å². The van der Waals surface area contributed by atoms with Gasteiger partial charge in [0.1, 0.15) is 29.8 Å². The van der Waals surface area contributed by atoms with Crippen molar-refractivity contribution >= 4 is 23.2 Å². The van der Waals surface area contributed by atoms with Gasteiger partial charge in [-0.15, -0.1) is 11.3 Å². The molecule has 142 valence electrons. The van der Waals surface area contributed by atoms with Crippen molar-refractivity contribution in [3.8, 4) is 11.5 Å². The van der Waals surface area contributed by atoms with Crippen LogP contribution < -0.4 is 9.47 Å². The summed E-state index contributed by atoms with van der Waals surface area (Å²) in [5.41, 5.74) is 2.48. The summed E-state index contributed by atoms with van der Waals surface area (Å²) >= 11 is 1.74. The SMILES string of the molecule is Cc1ccc(/C=C2\Oc3c(cc4c(c3C)OCN(Cc3cccs3)C4)C2=O)o1. The fourth-order valence-corrected chi connectivity index (χ4v) is 4.43. The Hall–Kier alpha value is -2.83. The third-order valence-corrected chi connectivity index (χ3v) is 5.86. The van der Waals surface area contributed by atoms with Crippen molar-refractivity contribution in [3.05, 3.63) is 74.6 Å². The van der Waals surface area contributed by atoms with Crippen LogP contribution in [-0.4, -0.2) is 17.4 Å². The highest BCUT2D eigenvalue weighted by molar-refractivity contribution is 7.09.